The van der Waals surface area contributed by atoms with E-state index in [0.29, 0.717) is 18.8 Å². The topological polar surface area (TPSA) is 78.1 Å². The summed E-state index contributed by atoms with van der Waals surface area (Å²) in [6, 6.07) is 11.4. The summed E-state index contributed by atoms with van der Waals surface area (Å²) in [6.07, 6.45) is 6.58. The SMILES string of the molecule is O=S(=O)(Nc1ccc(-c2ccnc3[nH]ccc23)cc1)N1CCCCC1. The van der Waals surface area contributed by atoms with Crippen molar-refractivity contribution in [2.24, 2.45) is 0 Å². The summed E-state index contributed by atoms with van der Waals surface area (Å²) in [5.74, 6) is 0. The lowest BCUT2D eigenvalue weighted by Crippen LogP contribution is -2.39. The number of nitrogens with one attached hydrogen (secondary N) is 2. The van der Waals surface area contributed by atoms with Crippen LogP contribution in [-0.2, 0) is 10.2 Å². The van der Waals surface area contributed by atoms with Gasteiger partial charge in [0.15, 0.2) is 0 Å². The van der Waals surface area contributed by atoms with E-state index in [-0.39, 0.29) is 0 Å². The molecule has 0 unspecified atom stereocenters. The van der Waals surface area contributed by atoms with Crippen molar-refractivity contribution in [3.8, 4) is 11.1 Å². The van der Waals surface area contributed by atoms with Crippen LogP contribution in [0.1, 0.15) is 19.3 Å². The molecule has 2 aromatic heterocycles. The van der Waals surface area contributed by atoms with Gasteiger partial charge in [0.25, 0.3) is 0 Å². The third kappa shape index (κ3) is 3.25. The Kier molecular flexibility index (Phi) is 4.19. The average molecular weight is 356 g/mol. The Morgan fingerprint density at radius 2 is 1.76 bits per heavy atom. The number of benzene rings is 1. The van der Waals surface area contributed by atoms with E-state index in [2.05, 4.69) is 14.7 Å². The van der Waals surface area contributed by atoms with Gasteiger partial charge in [-0.15, -0.1) is 0 Å². The first-order valence-electron chi connectivity index (χ1n) is 8.44. The van der Waals surface area contributed by atoms with Crippen molar-refractivity contribution >= 4 is 26.9 Å². The number of piperidine rings is 1. The third-order valence-corrected chi connectivity index (χ3v) is 6.10. The Labute approximate surface area is 147 Å². The summed E-state index contributed by atoms with van der Waals surface area (Å²) in [5.41, 5.74) is 3.51. The van der Waals surface area contributed by atoms with Gasteiger partial charge in [-0.2, -0.15) is 12.7 Å². The van der Waals surface area contributed by atoms with Crippen LogP contribution in [0, 0.1) is 0 Å². The van der Waals surface area contributed by atoms with E-state index in [4.69, 9.17) is 0 Å². The molecule has 0 atom stereocenters. The first kappa shape index (κ1) is 16.1. The second kappa shape index (κ2) is 6.50. The number of aromatic amines is 1. The highest BCUT2D eigenvalue weighted by molar-refractivity contribution is 7.90. The minimum Gasteiger partial charge on any atom is -0.346 e. The van der Waals surface area contributed by atoms with Crippen molar-refractivity contribution < 1.29 is 8.42 Å². The maximum absolute atomic E-state index is 12.5. The van der Waals surface area contributed by atoms with Gasteiger partial charge in [0.05, 0.1) is 0 Å². The molecule has 1 fully saturated rings. The molecule has 2 N–H and O–H groups in total. The molecule has 1 aliphatic heterocycles. The molecule has 6 nitrogen and oxygen atoms in total. The Bertz CT molecular complexity index is 974. The zero-order valence-corrected chi connectivity index (χ0v) is 14.6. The summed E-state index contributed by atoms with van der Waals surface area (Å²) < 4.78 is 29.1. The number of fused-ring (bicyclic) bond motifs is 1. The van der Waals surface area contributed by atoms with Crippen LogP contribution in [0.4, 0.5) is 5.69 Å². The van der Waals surface area contributed by atoms with E-state index in [1.165, 1.54) is 4.31 Å². The van der Waals surface area contributed by atoms with Gasteiger partial charge < -0.3 is 4.98 Å². The van der Waals surface area contributed by atoms with Gasteiger partial charge in [-0.25, -0.2) is 4.98 Å². The van der Waals surface area contributed by atoms with Crippen LogP contribution in [0.25, 0.3) is 22.2 Å². The minimum absolute atomic E-state index is 0.577. The van der Waals surface area contributed by atoms with E-state index in [9.17, 15) is 8.42 Å². The molecule has 1 aromatic carbocycles. The second-order valence-corrected chi connectivity index (χ2v) is 7.91. The lowest BCUT2D eigenvalue weighted by Gasteiger charge is -2.26. The average Bonchev–Trinajstić information content (AvgIpc) is 3.12. The van der Waals surface area contributed by atoms with Crippen molar-refractivity contribution in [2.75, 3.05) is 17.8 Å². The zero-order valence-electron chi connectivity index (χ0n) is 13.8. The maximum Gasteiger partial charge on any atom is 0.301 e. The third-order valence-electron chi connectivity index (χ3n) is 4.56. The smallest absolute Gasteiger partial charge is 0.301 e. The fourth-order valence-corrected chi connectivity index (χ4v) is 4.55. The number of H-pyrrole nitrogens is 1. The summed E-state index contributed by atoms with van der Waals surface area (Å²) in [7, 11) is -3.47. The van der Waals surface area contributed by atoms with E-state index in [1.807, 2.05) is 30.5 Å². The predicted molar refractivity (Wildman–Crippen MR) is 99.5 cm³/mol. The molecular formula is C18H20N4O2S. The number of hydrogen-bond donors (Lipinski definition) is 2. The summed E-state index contributed by atoms with van der Waals surface area (Å²) in [5, 5.41) is 1.05. The fourth-order valence-electron chi connectivity index (χ4n) is 3.25. The van der Waals surface area contributed by atoms with Gasteiger partial charge in [-0.3, -0.25) is 4.72 Å². The number of aromatic nitrogens is 2. The lowest BCUT2D eigenvalue weighted by atomic mass is 10.0. The van der Waals surface area contributed by atoms with Crippen molar-refractivity contribution in [2.45, 2.75) is 19.3 Å². The Balaban J connectivity index is 1.57. The molecule has 0 spiro atoms. The first-order chi connectivity index (χ1) is 12.1. The van der Waals surface area contributed by atoms with E-state index in [0.717, 1.165) is 41.4 Å². The van der Waals surface area contributed by atoms with E-state index >= 15 is 0 Å². The molecule has 1 aliphatic rings. The van der Waals surface area contributed by atoms with Crippen LogP contribution in [0.2, 0.25) is 0 Å². The molecule has 7 heteroatoms. The highest BCUT2D eigenvalue weighted by Gasteiger charge is 2.23. The number of pyridine rings is 1. The summed E-state index contributed by atoms with van der Waals surface area (Å²) in [6.45, 7) is 1.19. The molecule has 4 rings (SSSR count). The summed E-state index contributed by atoms with van der Waals surface area (Å²) >= 11 is 0. The normalized spacial score (nSPS) is 16.2. The molecule has 0 bridgehead atoms. The van der Waals surface area contributed by atoms with Gasteiger partial charge >= 0.3 is 10.2 Å². The quantitative estimate of drug-likeness (QED) is 0.752. The van der Waals surface area contributed by atoms with Crippen molar-refractivity contribution in [3.63, 3.8) is 0 Å². The molecule has 1 saturated heterocycles. The first-order valence-corrected chi connectivity index (χ1v) is 9.88. The minimum atomic E-state index is -3.47. The highest BCUT2D eigenvalue weighted by atomic mass is 32.2. The van der Waals surface area contributed by atoms with E-state index in [1.54, 1.807) is 18.3 Å². The zero-order chi connectivity index (χ0) is 17.3. The molecule has 0 amide bonds. The monoisotopic (exact) mass is 356 g/mol. The van der Waals surface area contributed by atoms with Crippen molar-refractivity contribution in [1.82, 2.24) is 14.3 Å². The number of hydrogen-bond acceptors (Lipinski definition) is 3. The van der Waals surface area contributed by atoms with Crippen LogP contribution in [0.15, 0.2) is 48.8 Å². The Hall–Kier alpha value is -2.38. The van der Waals surface area contributed by atoms with Gasteiger partial charge in [-0.1, -0.05) is 18.6 Å². The van der Waals surface area contributed by atoms with Crippen molar-refractivity contribution in [1.29, 1.82) is 0 Å². The second-order valence-electron chi connectivity index (χ2n) is 6.24. The molecule has 0 radical (unpaired) electrons. The van der Waals surface area contributed by atoms with Crippen LogP contribution in [-0.4, -0.2) is 35.8 Å². The Morgan fingerprint density at radius 1 is 1.00 bits per heavy atom. The largest absolute Gasteiger partial charge is 0.346 e. The van der Waals surface area contributed by atoms with E-state index < -0.39 is 10.2 Å². The molecular weight excluding hydrogens is 336 g/mol. The molecule has 0 aliphatic carbocycles. The van der Waals surface area contributed by atoms with Gasteiger partial charge in [0.2, 0.25) is 0 Å². The summed E-state index contributed by atoms with van der Waals surface area (Å²) in [4.78, 5) is 7.39. The van der Waals surface area contributed by atoms with Crippen LogP contribution in [0.5, 0.6) is 0 Å². The molecule has 0 saturated carbocycles. The highest BCUT2D eigenvalue weighted by Crippen LogP contribution is 2.28. The van der Waals surface area contributed by atoms with Gasteiger partial charge in [0.1, 0.15) is 5.65 Å². The number of rotatable bonds is 4. The van der Waals surface area contributed by atoms with Gasteiger partial charge in [0, 0.05) is 36.6 Å². The van der Waals surface area contributed by atoms with Crippen LogP contribution in [0.3, 0.4) is 0 Å². The Morgan fingerprint density at radius 3 is 2.52 bits per heavy atom. The molecule has 3 aromatic rings. The van der Waals surface area contributed by atoms with Gasteiger partial charge in [-0.05, 0) is 48.2 Å². The predicted octanol–water partition coefficient (Wildman–Crippen LogP) is 3.37. The molecule has 3 heterocycles. The standard InChI is InChI=1S/C18H20N4O2S/c23-25(24,22-12-2-1-3-13-22)21-15-6-4-14(5-7-15)16-8-10-19-18-17(16)9-11-20-18/h4-11,21H,1-3,12-13H2,(H,19,20). The number of nitrogens with zero attached hydrogens (tertiary/aromatic N) is 2. The maximum atomic E-state index is 12.5. The van der Waals surface area contributed by atoms with Crippen LogP contribution >= 0.6 is 0 Å². The lowest BCUT2D eigenvalue weighted by molar-refractivity contribution is 0.349. The van der Waals surface area contributed by atoms with Crippen molar-refractivity contribution in [3.05, 3.63) is 48.8 Å². The number of anilines is 1. The molecule has 130 valence electrons. The fraction of sp³-hybridized carbons (Fsp3) is 0.278. The molecule has 25 heavy (non-hydrogen) atoms. The van der Waals surface area contributed by atoms with Crippen LogP contribution < -0.4 is 4.72 Å².